The van der Waals surface area contributed by atoms with Crippen LogP contribution in [0.1, 0.15) is 12.8 Å². The van der Waals surface area contributed by atoms with Gasteiger partial charge in [0.05, 0.1) is 0 Å². The van der Waals surface area contributed by atoms with Crippen LogP contribution < -0.4 is 10.5 Å². The SMILES string of the molecule is Nc1ccc(OCC(=O)N2CCN3C(=O)CCC3C2)cc1. The van der Waals surface area contributed by atoms with E-state index in [4.69, 9.17) is 10.5 Å². The highest BCUT2D eigenvalue weighted by atomic mass is 16.5. The second kappa shape index (κ2) is 5.63. The molecule has 2 N–H and O–H groups in total. The number of amides is 2. The largest absolute Gasteiger partial charge is 0.484 e. The lowest BCUT2D eigenvalue weighted by Crippen LogP contribution is -2.54. The van der Waals surface area contributed by atoms with Gasteiger partial charge in [0.2, 0.25) is 5.91 Å². The maximum Gasteiger partial charge on any atom is 0.260 e. The third kappa shape index (κ3) is 2.94. The molecule has 2 fully saturated rings. The third-order valence-electron chi connectivity index (χ3n) is 4.09. The van der Waals surface area contributed by atoms with Crippen LogP contribution in [0.25, 0.3) is 0 Å². The number of fused-ring (bicyclic) bond motifs is 1. The number of ether oxygens (including phenoxy) is 1. The summed E-state index contributed by atoms with van der Waals surface area (Å²) >= 11 is 0. The predicted molar refractivity (Wildman–Crippen MR) is 77.7 cm³/mol. The molecule has 0 aromatic heterocycles. The van der Waals surface area contributed by atoms with Crippen LogP contribution in [-0.2, 0) is 9.59 Å². The van der Waals surface area contributed by atoms with Gasteiger partial charge in [0.1, 0.15) is 5.75 Å². The highest BCUT2D eigenvalue weighted by Gasteiger charge is 2.36. The molecule has 0 bridgehead atoms. The number of nitrogens with zero attached hydrogens (tertiary/aromatic N) is 2. The van der Waals surface area contributed by atoms with Gasteiger partial charge in [-0.2, -0.15) is 0 Å². The van der Waals surface area contributed by atoms with E-state index in [0.717, 1.165) is 6.42 Å². The summed E-state index contributed by atoms with van der Waals surface area (Å²) in [5, 5.41) is 0. The van der Waals surface area contributed by atoms with Crippen LogP contribution >= 0.6 is 0 Å². The number of hydrogen-bond donors (Lipinski definition) is 1. The van der Waals surface area contributed by atoms with Crippen molar-refractivity contribution in [1.82, 2.24) is 9.80 Å². The summed E-state index contributed by atoms with van der Waals surface area (Å²) in [4.78, 5) is 27.5. The van der Waals surface area contributed by atoms with E-state index in [2.05, 4.69) is 0 Å². The maximum absolute atomic E-state index is 12.2. The molecule has 3 rings (SSSR count). The van der Waals surface area contributed by atoms with E-state index in [9.17, 15) is 9.59 Å². The van der Waals surface area contributed by atoms with Crippen LogP contribution in [0.4, 0.5) is 5.69 Å². The van der Waals surface area contributed by atoms with Crippen molar-refractivity contribution in [1.29, 1.82) is 0 Å². The number of nitrogen functional groups attached to an aromatic ring is 1. The molecule has 6 heteroatoms. The Morgan fingerprint density at radius 3 is 2.81 bits per heavy atom. The van der Waals surface area contributed by atoms with E-state index < -0.39 is 0 Å². The first-order valence-electron chi connectivity index (χ1n) is 7.19. The summed E-state index contributed by atoms with van der Waals surface area (Å²) in [6.07, 6.45) is 1.45. The van der Waals surface area contributed by atoms with Crippen LogP contribution in [0.3, 0.4) is 0 Å². The van der Waals surface area contributed by atoms with Crippen molar-refractivity contribution in [2.24, 2.45) is 0 Å². The van der Waals surface area contributed by atoms with Gasteiger partial charge in [0, 0.05) is 37.8 Å². The van der Waals surface area contributed by atoms with Crippen LogP contribution in [0, 0.1) is 0 Å². The van der Waals surface area contributed by atoms with E-state index in [1.54, 1.807) is 29.2 Å². The molecule has 21 heavy (non-hydrogen) atoms. The smallest absolute Gasteiger partial charge is 0.260 e. The van der Waals surface area contributed by atoms with Crippen molar-refractivity contribution < 1.29 is 14.3 Å². The lowest BCUT2D eigenvalue weighted by Gasteiger charge is -2.37. The Balaban J connectivity index is 1.52. The Hall–Kier alpha value is -2.24. The van der Waals surface area contributed by atoms with Crippen molar-refractivity contribution in [3.8, 4) is 5.75 Å². The van der Waals surface area contributed by atoms with Crippen molar-refractivity contribution in [3.05, 3.63) is 24.3 Å². The minimum Gasteiger partial charge on any atom is -0.484 e. The minimum atomic E-state index is -0.0363. The molecular formula is C15H19N3O3. The molecule has 1 atom stereocenters. The summed E-state index contributed by atoms with van der Waals surface area (Å²) in [7, 11) is 0. The number of anilines is 1. The molecule has 0 saturated carbocycles. The van der Waals surface area contributed by atoms with Crippen molar-refractivity contribution in [3.63, 3.8) is 0 Å². The van der Waals surface area contributed by atoms with Gasteiger partial charge in [-0.15, -0.1) is 0 Å². The summed E-state index contributed by atoms with van der Waals surface area (Å²) in [6.45, 7) is 1.86. The first kappa shape index (κ1) is 13.7. The zero-order valence-corrected chi connectivity index (χ0v) is 11.8. The molecule has 2 amide bonds. The summed E-state index contributed by atoms with van der Waals surface area (Å²) in [5.74, 6) is 0.809. The Morgan fingerprint density at radius 2 is 2.05 bits per heavy atom. The van der Waals surface area contributed by atoms with Gasteiger partial charge in [-0.05, 0) is 30.7 Å². The lowest BCUT2D eigenvalue weighted by molar-refractivity contribution is -0.140. The van der Waals surface area contributed by atoms with Gasteiger partial charge in [0.25, 0.3) is 5.91 Å². The quantitative estimate of drug-likeness (QED) is 0.821. The molecule has 1 aromatic rings. The molecule has 0 radical (unpaired) electrons. The number of benzene rings is 1. The monoisotopic (exact) mass is 289 g/mol. The molecule has 1 unspecified atom stereocenters. The average Bonchev–Trinajstić information content (AvgIpc) is 2.87. The van der Waals surface area contributed by atoms with Crippen molar-refractivity contribution >= 4 is 17.5 Å². The van der Waals surface area contributed by atoms with Gasteiger partial charge in [0.15, 0.2) is 6.61 Å². The highest BCUT2D eigenvalue weighted by Crippen LogP contribution is 2.23. The topological polar surface area (TPSA) is 75.9 Å². The van der Waals surface area contributed by atoms with Gasteiger partial charge in [-0.25, -0.2) is 0 Å². The fourth-order valence-electron chi connectivity index (χ4n) is 2.89. The predicted octanol–water partition coefficient (Wildman–Crippen LogP) is 0.481. The van der Waals surface area contributed by atoms with Gasteiger partial charge >= 0.3 is 0 Å². The Kier molecular flexibility index (Phi) is 3.68. The number of carbonyl (C=O) groups is 2. The standard InChI is InChI=1S/C15H19N3O3/c16-11-1-4-13(5-2-11)21-10-15(20)17-7-8-18-12(9-17)3-6-14(18)19/h1-2,4-5,12H,3,6-10,16H2. The molecular weight excluding hydrogens is 270 g/mol. The van der Waals surface area contributed by atoms with E-state index in [1.807, 2.05) is 4.90 Å². The van der Waals surface area contributed by atoms with Crippen LogP contribution in [0.2, 0.25) is 0 Å². The first-order valence-corrected chi connectivity index (χ1v) is 7.19. The zero-order valence-electron chi connectivity index (χ0n) is 11.8. The van der Waals surface area contributed by atoms with E-state index in [1.165, 1.54) is 0 Å². The van der Waals surface area contributed by atoms with Gasteiger partial charge < -0.3 is 20.3 Å². The normalized spacial score (nSPS) is 21.3. The number of rotatable bonds is 3. The van der Waals surface area contributed by atoms with Crippen molar-refractivity contribution in [2.75, 3.05) is 32.0 Å². The Bertz CT molecular complexity index is 544. The second-order valence-electron chi connectivity index (χ2n) is 5.48. The minimum absolute atomic E-state index is 0.0184. The summed E-state index contributed by atoms with van der Waals surface area (Å²) in [5.41, 5.74) is 6.26. The molecule has 2 aliphatic heterocycles. The Morgan fingerprint density at radius 1 is 1.29 bits per heavy atom. The van der Waals surface area contributed by atoms with E-state index >= 15 is 0 Å². The highest BCUT2D eigenvalue weighted by molar-refractivity contribution is 5.81. The Labute approximate surface area is 123 Å². The molecule has 6 nitrogen and oxygen atoms in total. The van der Waals surface area contributed by atoms with Crippen molar-refractivity contribution in [2.45, 2.75) is 18.9 Å². The zero-order chi connectivity index (χ0) is 14.8. The molecule has 112 valence electrons. The molecule has 1 aromatic carbocycles. The third-order valence-corrected chi connectivity index (χ3v) is 4.09. The fourth-order valence-corrected chi connectivity index (χ4v) is 2.89. The molecule has 2 aliphatic rings. The van der Waals surface area contributed by atoms with Gasteiger partial charge in [-0.1, -0.05) is 0 Å². The van der Waals surface area contributed by atoms with E-state index in [-0.39, 0.29) is 24.5 Å². The van der Waals surface area contributed by atoms with E-state index in [0.29, 0.717) is 37.5 Å². The maximum atomic E-state index is 12.2. The number of piperazine rings is 1. The molecule has 2 saturated heterocycles. The second-order valence-corrected chi connectivity index (χ2v) is 5.48. The van der Waals surface area contributed by atoms with Crippen LogP contribution in [0.15, 0.2) is 24.3 Å². The number of carbonyl (C=O) groups excluding carboxylic acids is 2. The molecule has 0 aliphatic carbocycles. The molecule has 2 heterocycles. The first-order chi connectivity index (χ1) is 10.1. The van der Waals surface area contributed by atoms with Gasteiger partial charge in [-0.3, -0.25) is 9.59 Å². The number of hydrogen-bond acceptors (Lipinski definition) is 4. The number of nitrogens with two attached hydrogens (primary N) is 1. The van der Waals surface area contributed by atoms with Crippen LogP contribution in [-0.4, -0.2) is 53.9 Å². The summed E-state index contributed by atoms with van der Waals surface area (Å²) in [6, 6.07) is 7.16. The fraction of sp³-hybridized carbons (Fsp3) is 0.467. The molecule has 0 spiro atoms. The average molecular weight is 289 g/mol. The lowest BCUT2D eigenvalue weighted by atomic mass is 10.1. The van der Waals surface area contributed by atoms with Crippen LogP contribution in [0.5, 0.6) is 5.75 Å². The summed E-state index contributed by atoms with van der Waals surface area (Å²) < 4.78 is 5.48.